The summed E-state index contributed by atoms with van der Waals surface area (Å²) in [6.07, 6.45) is 5.90. The third kappa shape index (κ3) is 2.61. The first-order valence-corrected chi connectivity index (χ1v) is 6.83. The van der Waals surface area contributed by atoms with E-state index in [0.29, 0.717) is 6.54 Å². The van der Waals surface area contributed by atoms with Crippen molar-refractivity contribution in [2.24, 2.45) is 7.05 Å². The molecule has 5 nitrogen and oxygen atoms in total. The third-order valence-corrected chi connectivity index (χ3v) is 3.77. The lowest BCUT2D eigenvalue weighted by molar-refractivity contribution is 0.0613. The molecular formula is C13H24N4O. The van der Waals surface area contributed by atoms with Crippen molar-refractivity contribution >= 4 is 11.5 Å². The number of hydrogen-bond acceptors (Lipinski definition) is 4. The van der Waals surface area contributed by atoms with Crippen LogP contribution in [0.3, 0.4) is 0 Å². The Bertz CT molecular complexity index is 407. The summed E-state index contributed by atoms with van der Waals surface area (Å²) in [5.41, 5.74) is 7.19. The lowest BCUT2D eigenvalue weighted by atomic mass is 10.0. The monoisotopic (exact) mass is 252 g/mol. The van der Waals surface area contributed by atoms with Crippen LogP contribution in [-0.4, -0.2) is 27.0 Å². The molecule has 0 aliphatic heterocycles. The molecule has 0 radical (unpaired) electrons. The molecule has 0 atom stereocenters. The summed E-state index contributed by atoms with van der Waals surface area (Å²) in [4.78, 5) is 0. The zero-order valence-corrected chi connectivity index (χ0v) is 11.4. The topological polar surface area (TPSA) is 76.1 Å². The Kier molecular flexibility index (Phi) is 3.80. The highest BCUT2D eigenvalue weighted by molar-refractivity contribution is 5.65. The number of hydrogen-bond donors (Lipinski definition) is 3. The summed E-state index contributed by atoms with van der Waals surface area (Å²) in [5, 5.41) is 18.0. The summed E-state index contributed by atoms with van der Waals surface area (Å²) in [5.74, 6) is 0.832. The first-order valence-electron chi connectivity index (χ1n) is 6.83. The van der Waals surface area contributed by atoms with Gasteiger partial charge in [0.05, 0.1) is 17.0 Å². The fraction of sp³-hybridized carbons (Fsp3) is 0.769. The highest BCUT2D eigenvalue weighted by Crippen LogP contribution is 2.31. The highest BCUT2D eigenvalue weighted by atomic mass is 16.3. The molecule has 1 aliphatic rings. The Balaban J connectivity index is 2.04. The Hall–Kier alpha value is -1.23. The molecule has 0 bridgehead atoms. The van der Waals surface area contributed by atoms with Crippen molar-refractivity contribution in [1.82, 2.24) is 9.78 Å². The quantitative estimate of drug-likeness (QED) is 0.745. The van der Waals surface area contributed by atoms with Crippen molar-refractivity contribution in [2.45, 2.75) is 51.0 Å². The standard InChI is InChI=1S/C13H24N4O/c1-3-6-10-11(14)12(17(2)16-10)15-9-13(18)7-4-5-8-13/h15,18H,3-9,14H2,1-2H3. The SMILES string of the molecule is CCCc1nn(C)c(NCC2(O)CCCC2)c1N. The van der Waals surface area contributed by atoms with Gasteiger partial charge in [-0.1, -0.05) is 26.2 Å². The van der Waals surface area contributed by atoms with Crippen molar-refractivity contribution < 1.29 is 5.11 Å². The van der Waals surface area contributed by atoms with Crippen LogP contribution in [0, 0.1) is 0 Å². The van der Waals surface area contributed by atoms with E-state index in [9.17, 15) is 5.11 Å². The van der Waals surface area contributed by atoms with E-state index in [4.69, 9.17) is 5.73 Å². The fourth-order valence-corrected chi connectivity index (χ4v) is 2.69. The molecule has 102 valence electrons. The molecule has 0 aromatic carbocycles. The molecule has 1 fully saturated rings. The number of nitrogen functional groups attached to an aromatic ring is 1. The zero-order valence-electron chi connectivity index (χ0n) is 11.4. The van der Waals surface area contributed by atoms with E-state index in [-0.39, 0.29) is 0 Å². The number of aliphatic hydroxyl groups is 1. The van der Waals surface area contributed by atoms with Crippen molar-refractivity contribution in [3.05, 3.63) is 5.69 Å². The maximum absolute atomic E-state index is 10.3. The number of aryl methyl sites for hydroxylation is 2. The molecule has 5 heteroatoms. The van der Waals surface area contributed by atoms with Gasteiger partial charge in [-0.15, -0.1) is 0 Å². The lowest BCUT2D eigenvalue weighted by Crippen LogP contribution is -2.34. The maximum atomic E-state index is 10.3. The van der Waals surface area contributed by atoms with Gasteiger partial charge < -0.3 is 16.2 Å². The van der Waals surface area contributed by atoms with Crippen LogP contribution >= 0.6 is 0 Å². The van der Waals surface area contributed by atoms with Crippen molar-refractivity contribution in [3.63, 3.8) is 0 Å². The molecule has 0 amide bonds. The van der Waals surface area contributed by atoms with E-state index in [1.807, 2.05) is 7.05 Å². The number of nitrogens with zero attached hydrogens (tertiary/aromatic N) is 2. The summed E-state index contributed by atoms with van der Waals surface area (Å²) < 4.78 is 1.78. The van der Waals surface area contributed by atoms with Crippen LogP contribution in [0.5, 0.6) is 0 Å². The van der Waals surface area contributed by atoms with E-state index < -0.39 is 5.60 Å². The number of rotatable bonds is 5. The van der Waals surface area contributed by atoms with E-state index in [0.717, 1.165) is 55.7 Å². The molecule has 1 saturated carbocycles. The predicted octanol–water partition coefficient (Wildman–Crippen LogP) is 1.67. The predicted molar refractivity (Wildman–Crippen MR) is 73.5 cm³/mol. The van der Waals surface area contributed by atoms with Gasteiger partial charge in [0.2, 0.25) is 0 Å². The van der Waals surface area contributed by atoms with Gasteiger partial charge in [-0.05, 0) is 19.3 Å². The van der Waals surface area contributed by atoms with Gasteiger partial charge in [0, 0.05) is 13.6 Å². The van der Waals surface area contributed by atoms with Gasteiger partial charge in [-0.25, -0.2) is 0 Å². The summed E-state index contributed by atoms with van der Waals surface area (Å²) in [7, 11) is 1.89. The van der Waals surface area contributed by atoms with Crippen LogP contribution in [0.25, 0.3) is 0 Å². The number of nitrogens with two attached hydrogens (primary N) is 1. The van der Waals surface area contributed by atoms with Crippen LogP contribution in [0.4, 0.5) is 11.5 Å². The Morgan fingerprint density at radius 2 is 2.11 bits per heavy atom. The Morgan fingerprint density at radius 3 is 2.72 bits per heavy atom. The molecule has 1 aromatic heterocycles. The second-order valence-electron chi connectivity index (χ2n) is 5.37. The molecule has 18 heavy (non-hydrogen) atoms. The molecule has 1 aliphatic carbocycles. The van der Waals surface area contributed by atoms with E-state index in [1.165, 1.54) is 0 Å². The molecular weight excluding hydrogens is 228 g/mol. The summed E-state index contributed by atoms with van der Waals surface area (Å²) >= 11 is 0. The minimum Gasteiger partial charge on any atom is -0.394 e. The fourth-order valence-electron chi connectivity index (χ4n) is 2.69. The van der Waals surface area contributed by atoms with Crippen LogP contribution in [0.15, 0.2) is 0 Å². The van der Waals surface area contributed by atoms with Crippen LogP contribution in [-0.2, 0) is 13.5 Å². The molecule has 2 rings (SSSR count). The number of anilines is 2. The Labute approximate surface area is 108 Å². The molecule has 0 saturated heterocycles. The van der Waals surface area contributed by atoms with E-state index in [1.54, 1.807) is 4.68 Å². The zero-order chi connectivity index (χ0) is 13.2. The Morgan fingerprint density at radius 1 is 1.44 bits per heavy atom. The molecule has 0 unspecified atom stereocenters. The van der Waals surface area contributed by atoms with Gasteiger partial charge in [0.1, 0.15) is 5.82 Å². The molecule has 0 spiro atoms. The van der Waals surface area contributed by atoms with Gasteiger partial charge in [0.25, 0.3) is 0 Å². The van der Waals surface area contributed by atoms with Gasteiger partial charge in [0.15, 0.2) is 0 Å². The van der Waals surface area contributed by atoms with Crippen molar-refractivity contribution in [1.29, 1.82) is 0 Å². The van der Waals surface area contributed by atoms with Gasteiger partial charge in [-0.3, -0.25) is 4.68 Å². The highest BCUT2D eigenvalue weighted by Gasteiger charge is 2.31. The average molecular weight is 252 g/mol. The smallest absolute Gasteiger partial charge is 0.147 e. The first-order chi connectivity index (χ1) is 8.56. The minimum atomic E-state index is -0.568. The molecule has 1 heterocycles. The number of aromatic nitrogens is 2. The first kappa shape index (κ1) is 13.2. The summed E-state index contributed by atoms with van der Waals surface area (Å²) in [6, 6.07) is 0. The van der Waals surface area contributed by atoms with Crippen molar-refractivity contribution in [3.8, 4) is 0 Å². The summed E-state index contributed by atoms with van der Waals surface area (Å²) in [6.45, 7) is 2.67. The van der Waals surface area contributed by atoms with Crippen LogP contribution in [0.2, 0.25) is 0 Å². The average Bonchev–Trinajstić information content (AvgIpc) is 2.85. The number of nitrogens with one attached hydrogen (secondary N) is 1. The minimum absolute atomic E-state index is 0.558. The largest absolute Gasteiger partial charge is 0.394 e. The normalized spacial score (nSPS) is 18.2. The lowest BCUT2D eigenvalue weighted by Gasteiger charge is -2.23. The van der Waals surface area contributed by atoms with E-state index in [2.05, 4.69) is 17.3 Å². The molecule has 1 aromatic rings. The van der Waals surface area contributed by atoms with Crippen LogP contribution < -0.4 is 11.1 Å². The third-order valence-electron chi connectivity index (χ3n) is 3.77. The second-order valence-corrected chi connectivity index (χ2v) is 5.37. The van der Waals surface area contributed by atoms with Crippen LogP contribution in [0.1, 0.15) is 44.7 Å². The molecule has 4 N–H and O–H groups in total. The second kappa shape index (κ2) is 5.18. The van der Waals surface area contributed by atoms with Gasteiger partial charge in [-0.2, -0.15) is 5.10 Å². The van der Waals surface area contributed by atoms with Crippen molar-refractivity contribution in [2.75, 3.05) is 17.6 Å². The van der Waals surface area contributed by atoms with Gasteiger partial charge >= 0.3 is 0 Å². The maximum Gasteiger partial charge on any atom is 0.147 e. The van der Waals surface area contributed by atoms with E-state index >= 15 is 0 Å².